The van der Waals surface area contributed by atoms with Crippen molar-refractivity contribution >= 4 is 29.6 Å². The van der Waals surface area contributed by atoms with E-state index in [0.717, 1.165) is 21.6 Å². The molecule has 1 saturated heterocycles. The van der Waals surface area contributed by atoms with Crippen LogP contribution in [0.2, 0.25) is 0 Å². The number of imide groups is 2. The van der Waals surface area contributed by atoms with Gasteiger partial charge in [-0.1, -0.05) is 30.3 Å². The van der Waals surface area contributed by atoms with Gasteiger partial charge in [0.25, 0.3) is 11.8 Å². The van der Waals surface area contributed by atoms with Crippen molar-refractivity contribution in [2.45, 2.75) is 27.4 Å². The van der Waals surface area contributed by atoms with Gasteiger partial charge in [0.2, 0.25) is 0 Å². The molecule has 0 aliphatic carbocycles. The molecule has 0 aromatic heterocycles. The van der Waals surface area contributed by atoms with Crippen LogP contribution in [0.1, 0.15) is 34.7 Å². The zero-order valence-corrected chi connectivity index (χ0v) is 20.7. The minimum atomic E-state index is -0.799. The summed E-state index contributed by atoms with van der Waals surface area (Å²) < 4.78 is 11.6. The van der Waals surface area contributed by atoms with Crippen LogP contribution in [0.4, 0.5) is 10.5 Å². The topological polar surface area (TPSA) is 109 Å². The van der Waals surface area contributed by atoms with Gasteiger partial charge >= 0.3 is 6.03 Å². The lowest BCUT2D eigenvalue weighted by atomic mass is 10.0. The highest BCUT2D eigenvalue weighted by molar-refractivity contribution is 6.39. The average Bonchev–Trinajstić information content (AvgIpc) is 2.88. The van der Waals surface area contributed by atoms with Gasteiger partial charge in [-0.25, -0.2) is 9.69 Å². The van der Waals surface area contributed by atoms with Crippen molar-refractivity contribution in [3.63, 3.8) is 0 Å². The number of hydrogen-bond donors (Lipinski definition) is 1. The molecule has 1 aliphatic rings. The molecule has 8 nitrogen and oxygen atoms in total. The quantitative estimate of drug-likeness (QED) is 0.372. The fourth-order valence-electron chi connectivity index (χ4n) is 3.84. The fraction of sp³-hybridized carbons (Fsp3) is 0.172. The third-order valence-corrected chi connectivity index (χ3v) is 5.95. The number of hydrogen-bond acceptors (Lipinski definition) is 6. The number of carbonyl (C=O) groups excluding carboxylic acids is 3. The maximum atomic E-state index is 13.2. The van der Waals surface area contributed by atoms with E-state index in [4.69, 9.17) is 9.47 Å². The number of carbonyl (C=O) groups is 3. The van der Waals surface area contributed by atoms with E-state index in [9.17, 15) is 19.6 Å². The minimum absolute atomic E-state index is 0.165. The molecule has 3 aromatic rings. The normalized spacial score (nSPS) is 14.4. The molecular weight excluding hydrogens is 470 g/mol. The second kappa shape index (κ2) is 10.8. The lowest BCUT2D eigenvalue weighted by molar-refractivity contribution is -0.122. The summed E-state index contributed by atoms with van der Waals surface area (Å²) >= 11 is 0. The predicted octanol–water partition coefficient (Wildman–Crippen LogP) is 4.82. The molecule has 4 amide bonds. The second-order valence-electron chi connectivity index (χ2n) is 8.42. The molecule has 37 heavy (non-hydrogen) atoms. The number of nitrogens with zero attached hydrogens (tertiary/aromatic N) is 2. The molecule has 0 spiro atoms. The van der Waals surface area contributed by atoms with Gasteiger partial charge in [-0.3, -0.25) is 14.9 Å². The van der Waals surface area contributed by atoms with E-state index in [1.807, 2.05) is 39.0 Å². The van der Waals surface area contributed by atoms with Gasteiger partial charge in [-0.05, 0) is 73.9 Å². The molecule has 0 atom stereocenters. The van der Waals surface area contributed by atoms with Crippen LogP contribution < -0.4 is 19.7 Å². The summed E-state index contributed by atoms with van der Waals surface area (Å²) in [7, 11) is 0. The number of anilines is 1. The number of urea groups is 1. The molecule has 0 bridgehead atoms. The number of aryl methyl sites for hydroxylation is 2. The van der Waals surface area contributed by atoms with Crippen molar-refractivity contribution in [2.24, 2.45) is 0 Å². The maximum Gasteiger partial charge on any atom is 0.335 e. The van der Waals surface area contributed by atoms with E-state index in [0.29, 0.717) is 34.9 Å². The van der Waals surface area contributed by atoms with Crippen LogP contribution in [0.5, 0.6) is 11.5 Å². The smallest absolute Gasteiger partial charge is 0.335 e. The van der Waals surface area contributed by atoms with Crippen LogP contribution in [0.3, 0.4) is 0 Å². The molecule has 1 heterocycles. The van der Waals surface area contributed by atoms with Crippen LogP contribution >= 0.6 is 0 Å². The van der Waals surface area contributed by atoms with Crippen LogP contribution in [-0.4, -0.2) is 24.5 Å². The standard InChI is InChI=1S/C29H25N3O5/c1-4-36-26-15-20(10-12-25(26)37-17-22-8-6-5-7-21(22)16-30)14-24-27(33)31-29(35)32(28(24)34)23-11-9-18(2)19(3)13-23/h5-15H,4,17H2,1-3H3,(H,31,33,35)/b24-14+. The third kappa shape index (κ3) is 5.36. The zero-order chi connectivity index (χ0) is 26.5. The Labute approximate surface area is 214 Å². The van der Waals surface area contributed by atoms with Gasteiger partial charge in [0, 0.05) is 5.56 Å². The summed E-state index contributed by atoms with van der Waals surface area (Å²) in [5.74, 6) is -0.634. The van der Waals surface area contributed by atoms with Crippen molar-refractivity contribution in [1.82, 2.24) is 5.32 Å². The van der Waals surface area contributed by atoms with Crippen molar-refractivity contribution in [3.05, 3.63) is 94.1 Å². The average molecular weight is 496 g/mol. The zero-order valence-electron chi connectivity index (χ0n) is 20.7. The van der Waals surface area contributed by atoms with E-state index >= 15 is 0 Å². The highest BCUT2D eigenvalue weighted by Gasteiger charge is 2.37. The van der Waals surface area contributed by atoms with Crippen LogP contribution in [-0.2, 0) is 16.2 Å². The molecule has 0 saturated carbocycles. The summed E-state index contributed by atoms with van der Waals surface area (Å²) in [5.41, 5.74) is 3.89. The van der Waals surface area contributed by atoms with Gasteiger partial charge in [-0.15, -0.1) is 0 Å². The molecule has 3 aromatic carbocycles. The summed E-state index contributed by atoms with van der Waals surface area (Å²) in [6, 6.07) is 18.7. The number of nitrogens with one attached hydrogen (secondary N) is 1. The number of rotatable bonds is 7. The Morgan fingerprint density at radius 1 is 0.946 bits per heavy atom. The van der Waals surface area contributed by atoms with Crippen molar-refractivity contribution < 1.29 is 23.9 Å². The molecular formula is C29H25N3O5. The Balaban J connectivity index is 1.63. The minimum Gasteiger partial charge on any atom is -0.490 e. The van der Waals surface area contributed by atoms with Gasteiger partial charge in [0.05, 0.1) is 23.9 Å². The Morgan fingerprint density at radius 2 is 1.73 bits per heavy atom. The van der Waals surface area contributed by atoms with E-state index in [1.165, 1.54) is 6.08 Å². The predicted molar refractivity (Wildman–Crippen MR) is 138 cm³/mol. The largest absolute Gasteiger partial charge is 0.490 e. The van der Waals surface area contributed by atoms with Gasteiger partial charge < -0.3 is 9.47 Å². The first-order valence-electron chi connectivity index (χ1n) is 11.7. The summed E-state index contributed by atoms with van der Waals surface area (Å²) in [6.45, 7) is 6.16. The number of benzene rings is 3. The first-order chi connectivity index (χ1) is 17.8. The molecule has 8 heteroatoms. The van der Waals surface area contributed by atoms with E-state index in [-0.39, 0.29) is 12.2 Å². The van der Waals surface area contributed by atoms with E-state index < -0.39 is 17.8 Å². The van der Waals surface area contributed by atoms with Gasteiger partial charge in [0.1, 0.15) is 12.2 Å². The van der Waals surface area contributed by atoms with Crippen LogP contribution in [0, 0.1) is 25.2 Å². The Bertz CT molecular complexity index is 1470. The lowest BCUT2D eigenvalue weighted by Crippen LogP contribution is -2.54. The van der Waals surface area contributed by atoms with Gasteiger partial charge in [-0.2, -0.15) is 5.26 Å². The number of ether oxygens (including phenoxy) is 2. The molecule has 0 unspecified atom stereocenters. The third-order valence-electron chi connectivity index (χ3n) is 5.95. The van der Waals surface area contributed by atoms with Crippen LogP contribution in [0.25, 0.3) is 6.08 Å². The Morgan fingerprint density at radius 3 is 2.46 bits per heavy atom. The number of amides is 4. The first kappa shape index (κ1) is 25.2. The monoisotopic (exact) mass is 495 g/mol. The van der Waals surface area contributed by atoms with E-state index in [2.05, 4.69) is 11.4 Å². The van der Waals surface area contributed by atoms with Crippen LogP contribution in [0.15, 0.2) is 66.2 Å². The van der Waals surface area contributed by atoms with Crippen molar-refractivity contribution in [1.29, 1.82) is 5.26 Å². The lowest BCUT2D eigenvalue weighted by Gasteiger charge is -2.27. The highest BCUT2D eigenvalue weighted by Crippen LogP contribution is 2.31. The molecule has 1 aliphatic heterocycles. The van der Waals surface area contributed by atoms with Crippen molar-refractivity contribution in [2.75, 3.05) is 11.5 Å². The van der Waals surface area contributed by atoms with Crippen molar-refractivity contribution in [3.8, 4) is 17.6 Å². The molecule has 0 radical (unpaired) electrons. The van der Waals surface area contributed by atoms with Gasteiger partial charge in [0.15, 0.2) is 11.5 Å². The molecule has 186 valence electrons. The SMILES string of the molecule is CCOc1cc(/C=C2\C(=O)NC(=O)N(c3ccc(C)c(C)c3)C2=O)ccc1OCc1ccccc1C#N. The fourth-order valence-corrected chi connectivity index (χ4v) is 3.84. The molecule has 4 rings (SSSR count). The Hall–Kier alpha value is -4.90. The highest BCUT2D eigenvalue weighted by atomic mass is 16.5. The summed E-state index contributed by atoms with van der Waals surface area (Å²) in [4.78, 5) is 39.3. The molecule has 1 N–H and O–H groups in total. The number of barbiturate groups is 1. The van der Waals surface area contributed by atoms with E-state index in [1.54, 1.807) is 42.5 Å². The summed E-state index contributed by atoms with van der Waals surface area (Å²) in [6.07, 6.45) is 1.41. The maximum absolute atomic E-state index is 13.2. The summed E-state index contributed by atoms with van der Waals surface area (Å²) in [5, 5.41) is 11.5. The Kier molecular flexibility index (Phi) is 7.35. The first-order valence-corrected chi connectivity index (χ1v) is 11.7. The second-order valence-corrected chi connectivity index (χ2v) is 8.42. The molecule has 1 fully saturated rings. The number of nitriles is 1.